The highest BCUT2D eigenvalue weighted by atomic mass is 16.5. The largest absolute Gasteiger partial charge is 0.385 e. The second kappa shape index (κ2) is 7.56. The number of ether oxygens (including phenoxy) is 1. The van der Waals surface area contributed by atoms with Gasteiger partial charge in [0.15, 0.2) is 0 Å². The Morgan fingerprint density at radius 1 is 1.48 bits per heavy atom. The monoisotopic (exact) mass is 288 g/mol. The number of nitrogens with one attached hydrogen (secondary N) is 2. The van der Waals surface area contributed by atoms with Crippen LogP contribution in [0.2, 0.25) is 0 Å². The topological polar surface area (TPSA) is 93.0 Å². The number of methoxy groups -OCH3 is 1. The van der Waals surface area contributed by atoms with Crippen LogP contribution in [0.25, 0.3) is 11.3 Å². The predicted molar refractivity (Wildman–Crippen MR) is 81.7 cm³/mol. The van der Waals surface area contributed by atoms with E-state index in [1.165, 1.54) is 0 Å². The predicted octanol–water partition coefficient (Wildman–Crippen LogP) is 1.77. The van der Waals surface area contributed by atoms with E-state index in [4.69, 9.17) is 10.5 Å². The molecule has 0 aliphatic rings. The van der Waals surface area contributed by atoms with Crippen molar-refractivity contribution in [1.29, 1.82) is 0 Å². The zero-order chi connectivity index (χ0) is 15.1. The van der Waals surface area contributed by atoms with Crippen molar-refractivity contribution in [2.75, 3.05) is 19.0 Å². The molecule has 112 valence electrons. The summed E-state index contributed by atoms with van der Waals surface area (Å²) >= 11 is 0. The molecule has 6 nitrogen and oxygen atoms in total. The van der Waals surface area contributed by atoms with Gasteiger partial charge >= 0.3 is 0 Å². The molecule has 0 spiro atoms. The van der Waals surface area contributed by atoms with Gasteiger partial charge in [-0.25, -0.2) is 0 Å². The molecule has 6 heteroatoms. The van der Waals surface area contributed by atoms with Crippen LogP contribution in [0.5, 0.6) is 0 Å². The number of aromatic nitrogens is 2. The van der Waals surface area contributed by atoms with Gasteiger partial charge in [0.25, 0.3) is 0 Å². The van der Waals surface area contributed by atoms with E-state index >= 15 is 0 Å². The first-order valence-electron chi connectivity index (χ1n) is 6.86. The van der Waals surface area contributed by atoms with Crippen LogP contribution in [0.1, 0.15) is 12.8 Å². The van der Waals surface area contributed by atoms with E-state index in [0.717, 1.165) is 17.7 Å². The van der Waals surface area contributed by atoms with Gasteiger partial charge in [-0.2, -0.15) is 5.10 Å². The van der Waals surface area contributed by atoms with Gasteiger partial charge in [-0.3, -0.25) is 9.89 Å². The van der Waals surface area contributed by atoms with Gasteiger partial charge in [0, 0.05) is 31.2 Å². The summed E-state index contributed by atoms with van der Waals surface area (Å²) < 4.78 is 4.95. The molecule has 0 aliphatic heterocycles. The number of hydrogen-bond acceptors (Lipinski definition) is 4. The van der Waals surface area contributed by atoms with Crippen LogP contribution in [0.3, 0.4) is 0 Å². The van der Waals surface area contributed by atoms with Gasteiger partial charge in [-0.15, -0.1) is 0 Å². The average Bonchev–Trinajstić information content (AvgIpc) is 3.02. The summed E-state index contributed by atoms with van der Waals surface area (Å²) in [5, 5.41) is 9.64. The average molecular weight is 288 g/mol. The number of hydrogen-bond donors (Lipinski definition) is 3. The number of nitrogens with zero attached hydrogens (tertiary/aromatic N) is 1. The third-order valence-corrected chi connectivity index (χ3v) is 3.14. The summed E-state index contributed by atoms with van der Waals surface area (Å²) in [6.07, 6.45) is 3.05. The fourth-order valence-electron chi connectivity index (χ4n) is 1.99. The van der Waals surface area contributed by atoms with Crippen LogP contribution in [0, 0.1) is 0 Å². The quantitative estimate of drug-likeness (QED) is 0.677. The van der Waals surface area contributed by atoms with Crippen LogP contribution in [-0.4, -0.2) is 35.9 Å². The molecule has 4 N–H and O–H groups in total. The van der Waals surface area contributed by atoms with Crippen LogP contribution in [0.15, 0.2) is 36.5 Å². The third-order valence-electron chi connectivity index (χ3n) is 3.14. The number of benzene rings is 1. The van der Waals surface area contributed by atoms with Crippen molar-refractivity contribution in [3.8, 4) is 11.3 Å². The van der Waals surface area contributed by atoms with Crippen molar-refractivity contribution in [2.24, 2.45) is 5.73 Å². The van der Waals surface area contributed by atoms with Gasteiger partial charge in [-0.05, 0) is 31.0 Å². The minimum atomic E-state index is -0.532. The Balaban J connectivity index is 1.96. The first kappa shape index (κ1) is 15.2. The molecule has 2 aromatic rings. The number of H-pyrrole nitrogens is 1. The molecule has 0 fully saturated rings. The summed E-state index contributed by atoms with van der Waals surface area (Å²) in [5.41, 5.74) is 8.43. The van der Waals surface area contributed by atoms with Crippen LogP contribution in [-0.2, 0) is 9.53 Å². The Hall–Kier alpha value is -2.18. The molecule has 21 heavy (non-hydrogen) atoms. The number of carbonyl (C=O) groups is 1. The van der Waals surface area contributed by atoms with E-state index in [9.17, 15) is 4.79 Å². The fraction of sp³-hybridized carbons (Fsp3) is 0.333. The van der Waals surface area contributed by atoms with Crippen molar-refractivity contribution in [3.05, 3.63) is 36.5 Å². The van der Waals surface area contributed by atoms with Crippen molar-refractivity contribution in [2.45, 2.75) is 18.9 Å². The van der Waals surface area contributed by atoms with E-state index in [-0.39, 0.29) is 5.91 Å². The Morgan fingerprint density at radius 2 is 2.33 bits per heavy atom. The molecular weight excluding hydrogens is 268 g/mol. The van der Waals surface area contributed by atoms with E-state index in [1.54, 1.807) is 13.3 Å². The lowest BCUT2D eigenvalue weighted by Gasteiger charge is -2.12. The Bertz CT molecular complexity index is 569. The van der Waals surface area contributed by atoms with E-state index in [2.05, 4.69) is 15.5 Å². The van der Waals surface area contributed by atoms with Crippen molar-refractivity contribution in [3.63, 3.8) is 0 Å². The first-order valence-corrected chi connectivity index (χ1v) is 6.86. The molecule has 0 radical (unpaired) electrons. The van der Waals surface area contributed by atoms with Gasteiger partial charge < -0.3 is 15.8 Å². The fourth-order valence-corrected chi connectivity index (χ4v) is 1.99. The molecule has 1 unspecified atom stereocenters. The third kappa shape index (κ3) is 4.40. The lowest BCUT2D eigenvalue weighted by molar-refractivity contribution is -0.117. The molecule has 0 bridgehead atoms. The molecule has 1 atom stereocenters. The van der Waals surface area contributed by atoms with E-state index in [0.29, 0.717) is 18.7 Å². The maximum atomic E-state index is 12.0. The number of aromatic amines is 1. The SMILES string of the molecule is COCCCC(N)C(=O)Nc1cccc(-c2ccn[nH]2)c1. The highest BCUT2D eigenvalue weighted by Crippen LogP contribution is 2.20. The molecule has 0 saturated heterocycles. The standard InChI is InChI=1S/C15H20N4O2/c1-21-9-3-6-13(16)15(20)18-12-5-2-4-11(10-12)14-7-8-17-19-14/h2,4-5,7-8,10,13H,3,6,9,16H2,1H3,(H,17,19)(H,18,20). The molecule has 0 saturated carbocycles. The van der Waals surface area contributed by atoms with Crippen LogP contribution >= 0.6 is 0 Å². The maximum absolute atomic E-state index is 12.0. The first-order chi connectivity index (χ1) is 10.2. The minimum absolute atomic E-state index is 0.187. The van der Waals surface area contributed by atoms with Crippen molar-refractivity contribution < 1.29 is 9.53 Å². The second-order valence-electron chi connectivity index (χ2n) is 4.78. The summed E-state index contributed by atoms with van der Waals surface area (Å²) in [6, 6.07) is 8.88. The normalized spacial score (nSPS) is 12.1. The number of anilines is 1. The maximum Gasteiger partial charge on any atom is 0.241 e. The number of nitrogens with two attached hydrogens (primary N) is 1. The zero-order valence-corrected chi connectivity index (χ0v) is 12.0. The minimum Gasteiger partial charge on any atom is -0.385 e. The Kier molecular flexibility index (Phi) is 5.48. The molecule has 1 aromatic carbocycles. The number of rotatable bonds is 7. The van der Waals surface area contributed by atoms with Gasteiger partial charge in [0.1, 0.15) is 0 Å². The smallest absolute Gasteiger partial charge is 0.241 e. The molecule has 1 aromatic heterocycles. The highest BCUT2D eigenvalue weighted by Gasteiger charge is 2.13. The van der Waals surface area contributed by atoms with Gasteiger partial charge in [0.05, 0.1) is 11.7 Å². The molecule has 2 rings (SSSR count). The van der Waals surface area contributed by atoms with E-state index < -0.39 is 6.04 Å². The molecular formula is C15H20N4O2. The van der Waals surface area contributed by atoms with Crippen LogP contribution in [0.4, 0.5) is 5.69 Å². The molecule has 0 aliphatic carbocycles. The van der Waals surface area contributed by atoms with Crippen molar-refractivity contribution in [1.82, 2.24) is 10.2 Å². The Labute approximate surface area is 123 Å². The summed E-state index contributed by atoms with van der Waals surface area (Å²) in [4.78, 5) is 12.0. The van der Waals surface area contributed by atoms with Gasteiger partial charge in [0.2, 0.25) is 5.91 Å². The highest BCUT2D eigenvalue weighted by molar-refractivity contribution is 5.95. The number of carbonyl (C=O) groups excluding carboxylic acids is 1. The van der Waals surface area contributed by atoms with Crippen LogP contribution < -0.4 is 11.1 Å². The molecule has 1 amide bonds. The Morgan fingerprint density at radius 3 is 3.05 bits per heavy atom. The second-order valence-corrected chi connectivity index (χ2v) is 4.78. The number of amides is 1. The molecule has 1 heterocycles. The van der Waals surface area contributed by atoms with Crippen molar-refractivity contribution >= 4 is 11.6 Å². The van der Waals surface area contributed by atoms with Gasteiger partial charge in [-0.1, -0.05) is 12.1 Å². The summed E-state index contributed by atoms with van der Waals surface area (Å²) in [6.45, 7) is 0.607. The summed E-state index contributed by atoms with van der Waals surface area (Å²) in [7, 11) is 1.63. The lowest BCUT2D eigenvalue weighted by Crippen LogP contribution is -2.35. The summed E-state index contributed by atoms with van der Waals surface area (Å²) in [5.74, 6) is -0.187. The van der Waals surface area contributed by atoms with E-state index in [1.807, 2.05) is 30.3 Å². The zero-order valence-electron chi connectivity index (χ0n) is 12.0. The lowest BCUT2D eigenvalue weighted by atomic mass is 10.1.